The van der Waals surface area contributed by atoms with Crippen LogP contribution in [0.1, 0.15) is 21.5 Å². The zero-order valence-electron chi connectivity index (χ0n) is 12.0. The first-order valence-electron chi connectivity index (χ1n) is 6.45. The SMILES string of the molecule is Cc1ccc(N(C)C(=O)c2ccc(C)cc2NN)cc1. The Morgan fingerprint density at radius 2 is 1.65 bits per heavy atom. The van der Waals surface area contributed by atoms with Gasteiger partial charge in [-0.2, -0.15) is 0 Å². The summed E-state index contributed by atoms with van der Waals surface area (Å²) >= 11 is 0. The lowest BCUT2D eigenvalue weighted by molar-refractivity contribution is 0.0993. The molecule has 104 valence electrons. The Balaban J connectivity index is 2.33. The molecule has 0 aliphatic rings. The molecule has 0 aliphatic carbocycles. The Morgan fingerprint density at radius 1 is 1.05 bits per heavy atom. The van der Waals surface area contributed by atoms with Gasteiger partial charge in [0.25, 0.3) is 5.91 Å². The van der Waals surface area contributed by atoms with Crippen molar-refractivity contribution in [3.05, 3.63) is 59.2 Å². The molecule has 4 heteroatoms. The number of hydrazine groups is 1. The Kier molecular flexibility index (Phi) is 4.05. The van der Waals surface area contributed by atoms with Crippen molar-refractivity contribution < 1.29 is 4.79 Å². The summed E-state index contributed by atoms with van der Waals surface area (Å²) in [6.07, 6.45) is 0. The van der Waals surface area contributed by atoms with Gasteiger partial charge in [-0.15, -0.1) is 0 Å². The van der Waals surface area contributed by atoms with Crippen LogP contribution < -0.4 is 16.2 Å². The minimum Gasteiger partial charge on any atom is -0.323 e. The van der Waals surface area contributed by atoms with Crippen LogP contribution in [0.4, 0.5) is 11.4 Å². The number of benzene rings is 2. The number of nitrogens with zero attached hydrogens (tertiary/aromatic N) is 1. The third-order valence-corrected chi connectivity index (χ3v) is 3.29. The first kappa shape index (κ1) is 14.1. The van der Waals surface area contributed by atoms with Crippen LogP contribution in [0.2, 0.25) is 0 Å². The van der Waals surface area contributed by atoms with Gasteiger partial charge in [0.2, 0.25) is 0 Å². The van der Waals surface area contributed by atoms with E-state index in [9.17, 15) is 4.79 Å². The van der Waals surface area contributed by atoms with E-state index in [0.717, 1.165) is 16.8 Å². The Morgan fingerprint density at radius 3 is 2.25 bits per heavy atom. The monoisotopic (exact) mass is 269 g/mol. The van der Waals surface area contributed by atoms with Crippen molar-refractivity contribution in [1.82, 2.24) is 0 Å². The maximum absolute atomic E-state index is 12.6. The van der Waals surface area contributed by atoms with Gasteiger partial charge in [0.15, 0.2) is 0 Å². The molecule has 3 N–H and O–H groups in total. The predicted octanol–water partition coefficient (Wildman–Crippen LogP) is 2.87. The molecule has 2 rings (SSSR count). The normalized spacial score (nSPS) is 10.2. The van der Waals surface area contributed by atoms with Gasteiger partial charge in [0.1, 0.15) is 0 Å². The number of aryl methyl sites for hydroxylation is 2. The molecule has 0 fully saturated rings. The van der Waals surface area contributed by atoms with E-state index in [1.165, 1.54) is 0 Å². The van der Waals surface area contributed by atoms with Crippen molar-refractivity contribution in [2.24, 2.45) is 5.84 Å². The largest absolute Gasteiger partial charge is 0.323 e. The third-order valence-electron chi connectivity index (χ3n) is 3.29. The number of nitrogen functional groups attached to an aromatic ring is 1. The average molecular weight is 269 g/mol. The maximum Gasteiger partial charge on any atom is 0.260 e. The number of rotatable bonds is 3. The summed E-state index contributed by atoms with van der Waals surface area (Å²) in [7, 11) is 1.76. The van der Waals surface area contributed by atoms with E-state index in [-0.39, 0.29) is 5.91 Å². The number of hydrogen-bond acceptors (Lipinski definition) is 3. The molecule has 20 heavy (non-hydrogen) atoms. The molecule has 0 bridgehead atoms. The predicted molar refractivity (Wildman–Crippen MR) is 82.9 cm³/mol. The lowest BCUT2D eigenvalue weighted by atomic mass is 10.1. The molecule has 4 nitrogen and oxygen atoms in total. The van der Waals surface area contributed by atoms with Gasteiger partial charge in [-0.25, -0.2) is 0 Å². The second kappa shape index (κ2) is 5.75. The molecule has 0 aliphatic heterocycles. The number of hydrogen-bond donors (Lipinski definition) is 2. The van der Waals surface area contributed by atoms with E-state index in [2.05, 4.69) is 5.43 Å². The lowest BCUT2D eigenvalue weighted by Gasteiger charge is -2.19. The average Bonchev–Trinajstić information content (AvgIpc) is 2.46. The van der Waals surface area contributed by atoms with Crippen molar-refractivity contribution in [3.63, 3.8) is 0 Å². The van der Waals surface area contributed by atoms with Crippen LogP contribution in [0.15, 0.2) is 42.5 Å². The summed E-state index contributed by atoms with van der Waals surface area (Å²) < 4.78 is 0. The Bertz CT molecular complexity index is 620. The number of nitrogens with one attached hydrogen (secondary N) is 1. The molecule has 0 radical (unpaired) electrons. The summed E-state index contributed by atoms with van der Waals surface area (Å²) in [4.78, 5) is 14.2. The quantitative estimate of drug-likeness (QED) is 0.665. The molecular formula is C16H19N3O. The van der Waals surface area contributed by atoms with E-state index < -0.39 is 0 Å². The van der Waals surface area contributed by atoms with Crippen molar-refractivity contribution in [2.75, 3.05) is 17.4 Å². The fraction of sp³-hybridized carbons (Fsp3) is 0.188. The van der Waals surface area contributed by atoms with Crippen LogP contribution in [0.25, 0.3) is 0 Å². The number of nitrogens with two attached hydrogens (primary N) is 1. The van der Waals surface area contributed by atoms with E-state index >= 15 is 0 Å². The summed E-state index contributed by atoms with van der Waals surface area (Å²) in [6, 6.07) is 13.4. The molecule has 0 saturated heterocycles. The van der Waals surface area contributed by atoms with Crippen LogP contribution in [0.5, 0.6) is 0 Å². The fourth-order valence-electron chi connectivity index (χ4n) is 2.03. The maximum atomic E-state index is 12.6. The summed E-state index contributed by atoms with van der Waals surface area (Å²) in [6.45, 7) is 3.97. The summed E-state index contributed by atoms with van der Waals surface area (Å²) in [5, 5.41) is 0. The summed E-state index contributed by atoms with van der Waals surface area (Å²) in [5.74, 6) is 5.40. The van der Waals surface area contributed by atoms with Crippen molar-refractivity contribution in [2.45, 2.75) is 13.8 Å². The Hall–Kier alpha value is -2.33. The summed E-state index contributed by atoms with van der Waals surface area (Å²) in [5.41, 5.74) is 6.84. The highest BCUT2D eigenvalue weighted by molar-refractivity contribution is 6.09. The van der Waals surface area contributed by atoms with Gasteiger partial charge in [-0.05, 0) is 43.7 Å². The highest BCUT2D eigenvalue weighted by atomic mass is 16.2. The van der Waals surface area contributed by atoms with E-state index in [1.807, 2.05) is 50.2 Å². The molecule has 0 saturated carbocycles. The van der Waals surface area contributed by atoms with Gasteiger partial charge in [0, 0.05) is 12.7 Å². The van der Waals surface area contributed by atoms with Crippen LogP contribution in [-0.4, -0.2) is 13.0 Å². The molecule has 0 heterocycles. The van der Waals surface area contributed by atoms with E-state index in [1.54, 1.807) is 18.0 Å². The molecular weight excluding hydrogens is 250 g/mol. The van der Waals surface area contributed by atoms with Crippen LogP contribution in [0, 0.1) is 13.8 Å². The molecule has 0 unspecified atom stereocenters. The zero-order valence-corrected chi connectivity index (χ0v) is 12.0. The number of carbonyl (C=O) groups excluding carboxylic acids is 1. The standard InChI is InChI=1S/C16H19N3O/c1-11-4-7-13(8-5-11)19(3)16(20)14-9-6-12(2)10-15(14)18-17/h4-10,18H,17H2,1-3H3. The molecule has 0 aromatic heterocycles. The lowest BCUT2D eigenvalue weighted by Crippen LogP contribution is -2.27. The van der Waals surface area contributed by atoms with Crippen molar-refractivity contribution in [3.8, 4) is 0 Å². The Labute approximate surface area is 119 Å². The fourth-order valence-corrected chi connectivity index (χ4v) is 2.03. The second-order valence-corrected chi connectivity index (χ2v) is 4.89. The van der Waals surface area contributed by atoms with Gasteiger partial charge >= 0.3 is 0 Å². The zero-order chi connectivity index (χ0) is 14.7. The van der Waals surface area contributed by atoms with Crippen LogP contribution in [-0.2, 0) is 0 Å². The van der Waals surface area contributed by atoms with Crippen molar-refractivity contribution in [1.29, 1.82) is 0 Å². The molecule has 2 aromatic carbocycles. The molecule has 0 spiro atoms. The molecule has 2 aromatic rings. The first-order chi connectivity index (χ1) is 9.52. The van der Waals surface area contributed by atoms with Gasteiger partial charge < -0.3 is 10.3 Å². The minimum atomic E-state index is -0.0956. The number of anilines is 2. The second-order valence-electron chi connectivity index (χ2n) is 4.89. The van der Waals surface area contributed by atoms with Crippen molar-refractivity contribution >= 4 is 17.3 Å². The van der Waals surface area contributed by atoms with Gasteiger partial charge in [-0.1, -0.05) is 23.8 Å². The minimum absolute atomic E-state index is 0.0956. The van der Waals surface area contributed by atoms with Gasteiger partial charge in [-0.3, -0.25) is 10.6 Å². The molecule has 1 amide bonds. The number of carbonyl (C=O) groups is 1. The van der Waals surface area contributed by atoms with Crippen LogP contribution in [0.3, 0.4) is 0 Å². The van der Waals surface area contributed by atoms with E-state index in [4.69, 9.17) is 5.84 Å². The van der Waals surface area contributed by atoms with E-state index in [0.29, 0.717) is 11.3 Å². The number of amides is 1. The third kappa shape index (κ3) is 2.81. The van der Waals surface area contributed by atoms with Crippen LogP contribution >= 0.6 is 0 Å². The smallest absolute Gasteiger partial charge is 0.260 e. The highest BCUT2D eigenvalue weighted by Gasteiger charge is 2.16. The highest BCUT2D eigenvalue weighted by Crippen LogP contribution is 2.21. The first-order valence-corrected chi connectivity index (χ1v) is 6.45. The van der Waals surface area contributed by atoms with Gasteiger partial charge in [0.05, 0.1) is 11.3 Å². The topological polar surface area (TPSA) is 58.4 Å². The molecule has 0 atom stereocenters.